The molecule has 1 N–H and O–H groups in total. The largest absolute Gasteiger partial charge is 0.486 e. The second-order valence-electron chi connectivity index (χ2n) is 6.09. The van der Waals surface area contributed by atoms with Gasteiger partial charge in [-0.2, -0.15) is 0 Å². The maximum Gasteiger partial charge on any atom is 0.224 e. The van der Waals surface area contributed by atoms with E-state index in [1.165, 1.54) is 0 Å². The van der Waals surface area contributed by atoms with E-state index in [4.69, 9.17) is 9.47 Å². The molecule has 2 rings (SSSR count). The minimum absolute atomic E-state index is 0.0583. The molecule has 0 saturated heterocycles. The summed E-state index contributed by atoms with van der Waals surface area (Å²) in [6, 6.07) is 5.91. The number of benzene rings is 1. The van der Waals surface area contributed by atoms with Gasteiger partial charge in [-0.25, -0.2) is 0 Å². The second-order valence-corrected chi connectivity index (χ2v) is 6.09. The van der Waals surface area contributed by atoms with Gasteiger partial charge in [-0.1, -0.05) is 19.9 Å². The number of amides is 1. The van der Waals surface area contributed by atoms with Crippen molar-refractivity contribution in [1.82, 2.24) is 5.32 Å². The summed E-state index contributed by atoms with van der Waals surface area (Å²) in [7, 11) is 0. The highest BCUT2D eigenvalue weighted by Gasteiger charge is 2.14. The molecule has 116 valence electrons. The van der Waals surface area contributed by atoms with E-state index in [-0.39, 0.29) is 11.9 Å². The summed E-state index contributed by atoms with van der Waals surface area (Å²) in [4.78, 5) is 12.1. The Balaban J connectivity index is 1.85. The van der Waals surface area contributed by atoms with Crippen molar-refractivity contribution in [3.05, 3.63) is 23.8 Å². The highest BCUT2D eigenvalue weighted by Crippen LogP contribution is 2.30. The molecule has 1 aromatic carbocycles. The van der Waals surface area contributed by atoms with Gasteiger partial charge in [-0.15, -0.1) is 0 Å². The number of hydrogen-bond donors (Lipinski definition) is 1. The zero-order chi connectivity index (χ0) is 15.2. The first-order chi connectivity index (χ1) is 10.0. The predicted molar refractivity (Wildman–Crippen MR) is 82.8 cm³/mol. The van der Waals surface area contributed by atoms with Crippen molar-refractivity contribution in [2.75, 3.05) is 13.2 Å². The monoisotopic (exact) mass is 291 g/mol. The Labute approximate surface area is 126 Å². The van der Waals surface area contributed by atoms with E-state index in [1.807, 2.05) is 18.2 Å². The summed E-state index contributed by atoms with van der Waals surface area (Å²) in [5.74, 6) is 2.22. The first-order valence-corrected chi connectivity index (χ1v) is 7.72. The smallest absolute Gasteiger partial charge is 0.224 e. The highest BCUT2D eigenvalue weighted by molar-refractivity contribution is 5.79. The molecule has 1 unspecified atom stereocenters. The van der Waals surface area contributed by atoms with Crippen molar-refractivity contribution in [3.63, 3.8) is 0 Å². The Bertz CT molecular complexity index is 485. The lowest BCUT2D eigenvalue weighted by Crippen LogP contribution is -2.33. The van der Waals surface area contributed by atoms with Gasteiger partial charge in [-0.05, 0) is 43.4 Å². The van der Waals surface area contributed by atoms with Crippen LogP contribution in [0.4, 0.5) is 0 Å². The number of carbonyl (C=O) groups is 1. The predicted octanol–water partition coefficient (Wildman–Crippen LogP) is 2.94. The number of carbonyl (C=O) groups excluding carboxylic acids is 1. The third-order valence-corrected chi connectivity index (χ3v) is 3.56. The highest BCUT2D eigenvalue weighted by atomic mass is 16.6. The van der Waals surface area contributed by atoms with Gasteiger partial charge in [0.2, 0.25) is 5.91 Å². The number of hydrogen-bond acceptors (Lipinski definition) is 3. The Hall–Kier alpha value is -1.71. The maximum absolute atomic E-state index is 12.1. The Morgan fingerprint density at radius 3 is 2.57 bits per heavy atom. The minimum Gasteiger partial charge on any atom is -0.486 e. The van der Waals surface area contributed by atoms with E-state index < -0.39 is 0 Å². The quantitative estimate of drug-likeness (QED) is 0.876. The first-order valence-electron chi connectivity index (χ1n) is 7.72. The lowest BCUT2D eigenvalue weighted by molar-refractivity contribution is -0.121. The normalized spacial score (nSPS) is 14.9. The number of ether oxygens (including phenoxy) is 2. The van der Waals surface area contributed by atoms with Crippen LogP contribution in [0.25, 0.3) is 0 Å². The van der Waals surface area contributed by atoms with Crippen LogP contribution in [0, 0.1) is 5.92 Å². The fourth-order valence-electron chi connectivity index (χ4n) is 2.36. The summed E-state index contributed by atoms with van der Waals surface area (Å²) in [6.45, 7) is 7.60. The summed E-state index contributed by atoms with van der Waals surface area (Å²) in [5, 5.41) is 3.05. The molecule has 0 fully saturated rings. The SMILES string of the molecule is CC(C)CCC(C)NC(=O)Cc1ccc2c(c1)OCCO2. The maximum atomic E-state index is 12.1. The van der Waals surface area contributed by atoms with Gasteiger partial charge in [0.1, 0.15) is 13.2 Å². The van der Waals surface area contributed by atoms with Crippen LogP contribution in [0.2, 0.25) is 0 Å². The molecule has 0 aliphatic carbocycles. The van der Waals surface area contributed by atoms with E-state index in [1.54, 1.807) is 0 Å². The third-order valence-electron chi connectivity index (χ3n) is 3.56. The summed E-state index contributed by atoms with van der Waals surface area (Å²) in [6.07, 6.45) is 2.53. The minimum atomic E-state index is 0.0583. The van der Waals surface area contributed by atoms with E-state index in [0.29, 0.717) is 25.6 Å². The molecule has 1 aliphatic heterocycles. The Morgan fingerprint density at radius 2 is 1.86 bits per heavy atom. The molecule has 1 aromatic rings. The van der Waals surface area contributed by atoms with E-state index in [0.717, 1.165) is 29.9 Å². The fraction of sp³-hybridized carbons (Fsp3) is 0.588. The van der Waals surface area contributed by atoms with Gasteiger partial charge in [0.15, 0.2) is 11.5 Å². The lowest BCUT2D eigenvalue weighted by atomic mass is 10.0. The molecule has 1 atom stereocenters. The lowest BCUT2D eigenvalue weighted by Gasteiger charge is -2.19. The van der Waals surface area contributed by atoms with Crippen LogP contribution in [0.1, 0.15) is 39.2 Å². The van der Waals surface area contributed by atoms with Crippen molar-refractivity contribution in [3.8, 4) is 11.5 Å². The molecule has 1 heterocycles. The van der Waals surface area contributed by atoms with Crippen LogP contribution in [-0.4, -0.2) is 25.2 Å². The Kier molecular flexibility index (Phi) is 5.48. The van der Waals surface area contributed by atoms with Crippen molar-refractivity contribution in [2.24, 2.45) is 5.92 Å². The Morgan fingerprint density at radius 1 is 1.14 bits per heavy atom. The molecule has 4 nitrogen and oxygen atoms in total. The second kappa shape index (κ2) is 7.34. The van der Waals surface area contributed by atoms with Gasteiger partial charge in [-0.3, -0.25) is 4.79 Å². The molecule has 21 heavy (non-hydrogen) atoms. The summed E-state index contributed by atoms with van der Waals surface area (Å²) in [5.41, 5.74) is 0.952. The van der Waals surface area contributed by atoms with Crippen molar-refractivity contribution < 1.29 is 14.3 Å². The van der Waals surface area contributed by atoms with Crippen molar-refractivity contribution in [2.45, 2.75) is 46.1 Å². The van der Waals surface area contributed by atoms with Crippen molar-refractivity contribution in [1.29, 1.82) is 0 Å². The fourth-order valence-corrected chi connectivity index (χ4v) is 2.36. The number of fused-ring (bicyclic) bond motifs is 1. The van der Waals surface area contributed by atoms with Crippen LogP contribution in [0.3, 0.4) is 0 Å². The third kappa shape index (κ3) is 4.96. The van der Waals surface area contributed by atoms with Crippen LogP contribution in [-0.2, 0) is 11.2 Å². The summed E-state index contributed by atoms with van der Waals surface area (Å²) >= 11 is 0. The van der Waals surface area contributed by atoms with Crippen LogP contribution in [0.5, 0.6) is 11.5 Å². The average Bonchev–Trinajstić information content (AvgIpc) is 2.45. The van der Waals surface area contributed by atoms with Gasteiger partial charge in [0.05, 0.1) is 6.42 Å². The van der Waals surface area contributed by atoms with Crippen LogP contribution < -0.4 is 14.8 Å². The molecule has 0 saturated carbocycles. The molecule has 0 aromatic heterocycles. The summed E-state index contributed by atoms with van der Waals surface area (Å²) < 4.78 is 11.0. The molecular weight excluding hydrogens is 266 g/mol. The zero-order valence-corrected chi connectivity index (χ0v) is 13.1. The van der Waals surface area contributed by atoms with Gasteiger partial charge in [0, 0.05) is 6.04 Å². The van der Waals surface area contributed by atoms with Gasteiger partial charge >= 0.3 is 0 Å². The molecule has 0 bridgehead atoms. The molecule has 4 heteroatoms. The van der Waals surface area contributed by atoms with Crippen LogP contribution >= 0.6 is 0 Å². The molecule has 1 aliphatic rings. The topological polar surface area (TPSA) is 47.6 Å². The number of nitrogens with one attached hydrogen (secondary N) is 1. The first kappa shape index (κ1) is 15.7. The number of rotatable bonds is 6. The molecular formula is C17H25NO3. The van der Waals surface area contributed by atoms with Crippen molar-refractivity contribution >= 4 is 5.91 Å². The average molecular weight is 291 g/mol. The molecule has 1 amide bonds. The van der Waals surface area contributed by atoms with E-state index >= 15 is 0 Å². The standard InChI is InChI=1S/C17H25NO3/c1-12(2)4-5-13(3)18-17(19)11-14-6-7-15-16(10-14)21-9-8-20-15/h6-7,10,12-13H,4-5,8-9,11H2,1-3H3,(H,18,19). The van der Waals surface area contributed by atoms with E-state index in [2.05, 4.69) is 26.1 Å². The van der Waals surface area contributed by atoms with Crippen LogP contribution in [0.15, 0.2) is 18.2 Å². The molecule has 0 radical (unpaired) electrons. The van der Waals surface area contributed by atoms with E-state index in [9.17, 15) is 4.79 Å². The van der Waals surface area contributed by atoms with Gasteiger partial charge in [0.25, 0.3) is 0 Å². The molecule has 0 spiro atoms. The zero-order valence-electron chi connectivity index (χ0n) is 13.1. The van der Waals surface area contributed by atoms with Gasteiger partial charge < -0.3 is 14.8 Å².